The van der Waals surface area contributed by atoms with E-state index in [0.717, 1.165) is 7.11 Å². The molecule has 2 aliphatic heterocycles. The zero-order chi connectivity index (χ0) is 33.9. The van der Waals surface area contributed by atoms with Crippen molar-refractivity contribution in [3.05, 3.63) is 23.2 Å². The van der Waals surface area contributed by atoms with Gasteiger partial charge in [-0.15, -0.1) is 0 Å². The number of aliphatic hydroxyl groups excluding tert-OH is 1. The summed E-state index contributed by atoms with van der Waals surface area (Å²) in [5.41, 5.74) is -1.57. The van der Waals surface area contributed by atoms with E-state index in [9.17, 15) is 5.11 Å². The normalized spacial score (nSPS) is 49.6. The standard InChI is InChI=1S/C19H29NO3/c1-12(2)7-14-11-20-6-5-13-8-18(22-3)19(23-4)9-15(13)16(20)10-17(14)21/h8-9,12,14,16-17,21H,5-7,10-11H2,1-4H3/i1D3,2D3,4D3,5D2,6D2,7D2,8D,9D,11D2,12D. The summed E-state index contributed by atoms with van der Waals surface area (Å²) in [6, 6.07) is -3.87. The maximum absolute atomic E-state index is 11.2. The van der Waals surface area contributed by atoms with Gasteiger partial charge in [0.1, 0.15) is 0 Å². The first-order chi connectivity index (χ1) is 18.9. The second-order valence-corrected chi connectivity index (χ2v) is 5.05. The van der Waals surface area contributed by atoms with Crippen molar-refractivity contribution in [1.82, 2.24) is 4.90 Å². The molecule has 3 rings (SSSR count). The molecule has 0 saturated carbocycles. The van der Waals surface area contributed by atoms with E-state index in [1.807, 2.05) is 0 Å². The van der Waals surface area contributed by atoms with Gasteiger partial charge in [0.25, 0.3) is 0 Å². The topological polar surface area (TPSA) is 41.9 Å². The van der Waals surface area contributed by atoms with Crippen molar-refractivity contribution in [2.24, 2.45) is 11.8 Å². The first-order valence-electron chi connectivity index (χ1n) is 16.8. The van der Waals surface area contributed by atoms with Gasteiger partial charge in [0.05, 0.1) is 27.1 Å². The molecule has 0 bridgehead atoms. The molecule has 2 heterocycles. The van der Waals surface area contributed by atoms with Gasteiger partial charge in [-0.3, -0.25) is 4.90 Å². The van der Waals surface area contributed by atoms with E-state index in [1.165, 1.54) is 0 Å². The number of nitrogens with zero attached hydrogens (tertiary/aromatic N) is 1. The molecule has 4 heteroatoms. The van der Waals surface area contributed by atoms with Gasteiger partial charge in [-0.2, -0.15) is 0 Å². The van der Waals surface area contributed by atoms with Crippen LogP contribution in [0.4, 0.5) is 0 Å². The molecule has 23 heavy (non-hydrogen) atoms. The lowest BCUT2D eigenvalue weighted by Gasteiger charge is -2.46. The molecular weight excluding hydrogens is 290 g/mol. The molecule has 1 saturated heterocycles. The molecule has 1 aromatic carbocycles. The van der Waals surface area contributed by atoms with Crippen LogP contribution in [0.25, 0.3) is 0 Å². The summed E-state index contributed by atoms with van der Waals surface area (Å²) in [4.78, 5) is 0.0695. The number of benzene rings is 1. The molecule has 0 amide bonds. The number of methoxy groups -OCH3 is 2. The summed E-state index contributed by atoms with van der Waals surface area (Å²) in [7, 11) is -2.29. The van der Waals surface area contributed by atoms with E-state index in [-0.39, 0.29) is 4.90 Å². The van der Waals surface area contributed by atoms with E-state index in [2.05, 4.69) is 0 Å². The Bertz CT molecular complexity index is 1250. The number of hydrogen-bond acceptors (Lipinski definition) is 4. The lowest BCUT2D eigenvalue weighted by molar-refractivity contribution is -0.0191. The van der Waals surface area contributed by atoms with Crippen molar-refractivity contribution >= 4 is 0 Å². The maximum Gasteiger partial charge on any atom is 0.161 e. The third-order valence-electron chi connectivity index (χ3n) is 3.64. The first-order valence-corrected chi connectivity index (χ1v) is 6.75. The van der Waals surface area contributed by atoms with E-state index in [0.29, 0.717) is 0 Å². The minimum absolute atomic E-state index is 0.0695. The fourth-order valence-corrected chi connectivity index (χ4v) is 2.60. The molecular formula is C19H29NO3. The SMILES string of the molecule is [2H]c1c(OC([2H])([2H])[2H])c(OC)c([2H])c2c1C1CC(O)C(C([2H])([2H])C([2H])(C([2H])([2H])[2H])C([2H])([2H])[2H])C([2H])([2H])N1C([2H])([2H])C2([2H])[2H]. The predicted octanol–water partition coefficient (Wildman–Crippen LogP) is 3.03. The fourth-order valence-electron chi connectivity index (χ4n) is 2.60. The van der Waals surface area contributed by atoms with Crippen LogP contribution in [0.1, 0.15) is 71.1 Å². The zero-order valence-electron chi connectivity index (χ0n) is 32.2. The molecule has 0 aromatic heterocycles. The molecule has 3 unspecified atom stereocenters. The average Bonchev–Trinajstić information content (AvgIpc) is 2.75. The van der Waals surface area contributed by atoms with Crippen LogP contribution in [0, 0.1) is 11.8 Å². The highest BCUT2D eigenvalue weighted by molar-refractivity contribution is 5.49. The van der Waals surface area contributed by atoms with Gasteiger partial charge < -0.3 is 14.6 Å². The summed E-state index contributed by atoms with van der Waals surface area (Å²) in [5, 5.41) is 11.2. The molecule has 4 nitrogen and oxygen atoms in total. The van der Waals surface area contributed by atoms with Gasteiger partial charge in [0.15, 0.2) is 11.5 Å². The van der Waals surface area contributed by atoms with Gasteiger partial charge in [-0.1, -0.05) is 13.7 Å². The van der Waals surface area contributed by atoms with Crippen LogP contribution < -0.4 is 9.47 Å². The minimum Gasteiger partial charge on any atom is -0.493 e. The molecule has 0 radical (unpaired) electrons. The summed E-state index contributed by atoms with van der Waals surface area (Å²) in [6.45, 7) is -15.1. The number of piperidine rings is 1. The van der Waals surface area contributed by atoms with Gasteiger partial charge in [-0.05, 0) is 54.2 Å². The first kappa shape index (κ1) is 4.89. The maximum atomic E-state index is 11.2. The van der Waals surface area contributed by atoms with Crippen molar-refractivity contribution in [3.8, 4) is 11.5 Å². The van der Waals surface area contributed by atoms with Crippen LogP contribution in [0.15, 0.2) is 12.1 Å². The Morgan fingerprint density at radius 1 is 1.52 bits per heavy atom. The van der Waals surface area contributed by atoms with Crippen LogP contribution in [-0.4, -0.2) is 43.3 Å². The fraction of sp³-hybridized carbons (Fsp3) is 0.684. The Balaban J connectivity index is 2.43. The Kier molecular flexibility index (Phi) is 1.42. The summed E-state index contributed by atoms with van der Waals surface area (Å²) in [5.74, 6) is -8.55. The van der Waals surface area contributed by atoms with Crippen LogP contribution >= 0.6 is 0 Å². The van der Waals surface area contributed by atoms with Crippen molar-refractivity contribution in [3.63, 3.8) is 0 Å². The number of rotatable bonds is 4. The van der Waals surface area contributed by atoms with Crippen LogP contribution in [-0.2, 0) is 6.37 Å². The summed E-state index contributed by atoms with van der Waals surface area (Å²) < 4.78 is 173. The van der Waals surface area contributed by atoms with Crippen molar-refractivity contribution in [2.45, 2.75) is 45.0 Å². The average molecular weight is 340 g/mol. The smallest absolute Gasteiger partial charge is 0.161 e. The second kappa shape index (κ2) is 6.70. The number of aliphatic hydroxyl groups is 1. The zero-order valence-corrected chi connectivity index (χ0v) is 12.2. The Labute approximate surface area is 167 Å². The van der Waals surface area contributed by atoms with E-state index < -0.39 is 112 Å². The molecule has 0 spiro atoms. The van der Waals surface area contributed by atoms with Crippen LogP contribution in [0.2, 0.25) is 0 Å². The van der Waals surface area contributed by atoms with Gasteiger partial charge in [0, 0.05) is 39.6 Å². The highest BCUT2D eigenvalue weighted by atomic mass is 16.5. The molecule has 1 N–H and O–H groups in total. The molecule has 0 aliphatic carbocycles. The third-order valence-corrected chi connectivity index (χ3v) is 3.64. The highest BCUT2D eigenvalue weighted by Crippen LogP contribution is 2.43. The Morgan fingerprint density at radius 2 is 2.35 bits per heavy atom. The Morgan fingerprint density at radius 3 is 3.09 bits per heavy atom. The van der Waals surface area contributed by atoms with Crippen molar-refractivity contribution in [1.29, 1.82) is 0 Å². The van der Waals surface area contributed by atoms with Crippen molar-refractivity contribution in [2.75, 3.05) is 27.1 Å². The van der Waals surface area contributed by atoms with Crippen LogP contribution in [0.5, 0.6) is 11.5 Å². The molecule has 3 atom stereocenters. The summed E-state index contributed by atoms with van der Waals surface area (Å²) in [6.07, 6.45) is -10.8. The van der Waals surface area contributed by atoms with E-state index >= 15 is 0 Å². The Hall–Kier alpha value is -1.26. The van der Waals surface area contributed by atoms with Crippen molar-refractivity contribution < 1.29 is 42.0 Å². The second-order valence-electron chi connectivity index (χ2n) is 5.05. The predicted molar refractivity (Wildman–Crippen MR) is 91.1 cm³/mol. The van der Waals surface area contributed by atoms with Gasteiger partial charge in [-0.25, -0.2) is 0 Å². The number of hydrogen-bond donors (Lipinski definition) is 1. The lowest BCUT2D eigenvalue weighted by atomic mass is 9.79. The van der Waals surface area contributed by atoms with E-state index in [4.69, 9.17) is 36.9 Å². The number of ether oxygens (including phenoxy) is 2. The minimum atomic E-state index is -4.08. The number of fused-ring (bicyclic) bond motifs is 3. The quantitative estimate of drug-likeness (QED) is 0.915. The third kappa shape index (κ3) is 3.20. The molecule has 128 valence electrons. The molecule has 1 aromatic rings. The van der Waals surface area contributed by atoms with Gasteiger partial charge in [0.2, 0.25) is 0 Å². The summed E-state index contributed by atoms with van der Waals surface area (Å²) >= 11 is 0. The lowest BCUT2D eigenvalue weighted by Crippen LogP contribution is -2.48. The molecule has 2 aliphatic rings. The molecule has 1 fully saturated rings. The van der Waals surface area contributed by atoms with Crippen LogP contribution in [0.3, 0.4) is 0 Å². The largest absolute Gasteiger partial charge is 0.493 e. The van der Waals surface area contributed by atoms with Gasteiger partial charge >= 0.3 is 0 Å². The monoisotopic (exact) mass is 339 g/mol. The van der Waals surface area contributed by atoms with E-state index in [1.54, 1.807) is 0 Å². The highest BCUT2D eigenvalue weighted by Gasteiger charge is 2.38.